The van der Waals surface area contributed by atoms with Gasteiger partial charge >= 0.3 is 0 Å². The number of para-hydroxylation sites is 3. The third-order valence-corrected chi connectivity index (χ3v) is 7.46. The average molecular weight is 543 g/mol. The van der Waals surface area contributed by atoms with E-state index in [9.17, 15) is 4.39 Å². The van der Waals surface area contributed by atoms with Gasteiger partial charge in [-0.15, -0.1) is 0 Å². The third kappa shape index (κ3) is 3.77. The molecule has 8 rings (SSSR count). The van der Waals surface area contributed by atoms with Crippen LogP contribution in [0, 0.1) is 12.7 Å². The van der Waals surface area contributed by atoms with Crippen LogP contribution in [0.1, 0.15) is 22.9 Å². The van der Waals surface area contributed by atoms with Gasteiger partial charge in [0.1, 0.15) is 5.82 Å². The Labute approximate surface area is 235 Å². The van der Waals surface area contributed by atoms with Crippen molar-refractivity contribution in [1.82, 2.24) is 9.78 Å². The van der Waals surface area contributed by atoms with Gasteiger partial charge in [-0.1, -0.05) is 42.5 Å². The summed E-state index contributed by atoms with van der Waals surface area (Å²) in [5, 5.41) is 8.42. The van der Waals surface area contributed by atoms with Gasteiger partial charge in [0.15, 0.2) is 29.0 Å². The summed E-state index contributed by atoms with van der Waals surface area (Å²) in [4.78, 5) is 12.4. The smallest absolute Gasteiger partial charge is 0.231 e. The second-order valence-corrected chi connectivity index (χ2v) is 9.97. The summed E-state index contributed by atoms with van der Waals surface area (Å²) >= 11 is 0. The molecule has 8 nitrogen and oxygen atoms in total. The van der Waals surface area contributed by atoms with E-state index in [1.54, 1.807) is 0 Å². The lowest BCUT2D eigenvalue weighted by molar-refractivity contribution is 0.174. The Kier molecular flexibility index (Phi) is 5.18. The molecule has 0 bridgehead atoms. The number of aliphatic imine (C=N–C) groups is 2. The summed E-state index contributed by atoms with van der Waals surface area (Å²) in [5.74, 6) is 2.97. The van der Waals surface area contributed by atoms with Crippen LogP contribution in [-0.2, 0) is 0 Å². The minimum absolute atomic E-state index is 0.193. The molecule has 3 aliphatic rings. The lowest BCUT2D eigenvalue weighted by atomic mass is 9.93. The fourth-order valence-electron chi connectivity index (χ4n) is 5.62. The van der Waals surface area contributed by atoms with Crippen LogP contribution in [0.15, 0.2) is 107 Å². The molecule has 4 aromatic carbocycles. The maximum atomic E-state index is 14.1. The Morgan fingerprint density at radius 2 is 1.63 bits per heavy atom. The molecule has 0 radical (unpaired) electrons. The first-order chi connectivity index (χ1) is 20.1. The maximum absolute atomic E-state index is 14.1. The number of hydrogen-bond donors (Lipinski definition) is 1. The van der Waals surface area contributed by atoms with Crippen molar-refractivity contribution in [1.29, 1.82) is 0 Å². The zero-order valence-electron chi connectivity index (χ0n) is 22.0. The molecule has 200 valence electrons. The molecule has 1 N–H and O–H groups in total. The number of hydrogen-bond acceptors (Lipinski definition) is 7. The van der Waals surface area contributed by atoms with E-state index < -0.39 is 0 Å². The predicted octanol–water partition coefficient (Wildman–Crippen LogP) is 6.84. The number of fused-ring (bicyclic) bond motifs is 5. The third-order valence-electron chi connectivity index (χ3n) is 7.46. The van der Waals surface area contributed by atoms with Crippen molar-refractivity contribution >= 4 is 34.6 Å². The van der Waals surface area contributed by atoms with E-state index in [2.05, 4.69) is 10.2 Å². The molecule has 1 atom stereocenters. The molecule has 5 aromatic rings. The summed E-state index contributed by atoms with van der Waals surface area (Å²) in [6.45, 7) is 2.18. The predicted molar refractivity (Wildman–Crippen MR) is 156 cm³/mol. The SMILES string of the molecule is Cc1nn(-c2ccccc2)c2c1C(c1ccc(F)cc1)N1C(=N2)C(Nc2ccc3c(c2)OCO3)=Nc2ccccc21. The molecule has 0 saturated carbocycles. The number of benzene rings is 4. The number of aromatic nitrogens is 2. The van der Waals surface area contributed by atoms with Gasteiger partial charge in [-0.05, 0) is 61.0 Å². The number of ether oxygens (including phenoxy) is 2. The Morgan fingerprint density at radius 1 is 0.854 bits per heavy atom. The second kappa shape index (κ2) is 9.06. The normalized spacial score (nSPS) is 16.3. The van der Waals surface area contributed by atoms with Crippen molar-refractivity contribution in [3.8, 4) is 17.2 Å². The highest BCUT2D eigenvalue weighted by molar-refractivity contribution is 6.51. The molecule has 0 amide bonds. The lowest BCUT2D eigenvalue weighted by Crippen LogP contribution is -2.46. The van der Waals surface area contributed by atoms with Gasteiger partial charge in [-0.25, -0.2) is 19.1 Å². The molecular formula is C32H23FN6O2. The summed E-state index contributed by atoms with van der Waals surface area (Å²) in [6, 6.07) is 29.9. The van der Waals surface area contributed by atoms with E-state index in [-0.39, 0.29) is 18.7 Å². The highest BCUT2D eigenvalue weighted by Crippen LogP contribution is 2.48. The van der Waals surface area contributed by atoms with Crippen LogP contribution < -0.4 is 19.7 Å². The van der Waals surface area contributed by atoms with Crippen LogP contribution in [0.4, 0.5) is 27.3 Å². The van der Waals surface area contributed by atoms with Gasteiger partial charge in [0, 0.05) is 17.3 Å². The average Bonchev–Trinajstić information content (AvgIpc) is 3.61. The first-order valence-electron chi connectivity index (χ1n) is 13.3. The van der Waals surface area contributed by atoms with Crippen LogP contribution in [0.2, 0.25) is 0 Å². The van der Waals surface area contributed by atoms with Crippen LogP contribution in [0.25, 0.3) is 5.69 Å². The number of halogens is 1. The number of nitrogens with one attached hydrogen (secondary N) is 1. The van der Waals surface area contributed by atoms with Gasteiger partial charge in [0.25, 0.3) is 0 Å². The van der Waals surface area contributed by atoms with E-state index >= 15 is 0 Å². The van der Waals surface area contributed by atoms with Gasteiger partial charge < -0.3 is 19.7 Å². The summed E-state index contributed by atoms with van der Waals surface area (Å²) in [7, 11) is 0. The number of aryl methyl sites for hydroxylation is 1. The van der Waals surface area contributed by atoms with Gasteiger partial charge in [-0.2, -0.15) is 5.10 Å². The van der Waals surface area contributed by atoms with Crippen molar-refractivity contribution in [2.45, 2.75) is 13.0 Å². The number of nitrogens with zero attached hydrogens (tertiary/aromatic N) is 5. The highest BCUT2D eigenvalue weighted by atomic mass is 19.1. The molecule has 0 spiro atoms. The Morgan fingerprint density at radius 3 is 2.49 bits per heavy atom. The molecule has 1 unspecified atom stereocenters. The molecule has 0 fully saturated rings. The zero-order valence-corrected chi connectivity index (χ0v) is 22.0. The molecule has 41 heavy (non-hydrogen) atoms. The first kappa shape index (κ1) is 23.4. The van der Waals surface area contributed by atoms with E-state index in [1.165, 1.54) is 12.1 Å². The van der Waals surface area contributed by atoms with Gasteiger partial charge in [-0.3, -0.25) is 0 Å². The highest BCUT2D eigenvalue weighted by Gasteiger charge is 2.41. The van der Waals surface area contributed by atoms with Crippen LogP contribution >= 0.6 is 0 Å². The quantitative estimate of drug-likeness (QED) is 0.270. The minimum Gasteiger partial charge on any atom is -0.454 e. The fourth-order valence-corrected chi connectivity index (χ4v) is 5.62. The van der Waals surface area contributed by atoms with Crippen molar-refractivity contribution in [3.05, 3.63) is 120 Å². The topological polar surface area (TPSA) is 76.3 Å². The molecule has 4 heterocycles. The Balaban J connectivity index is 1.36. The molecule has 0 saturated heterocycles. The second-order valence-electron chi connectivity index (χ2n) is 9.97. The van der Waals surface area contributed by atoms with E-state index in [0.717, 1.165) is 39.6 Å². The van der Waals surface area contributed by atoms with Crippen molar-refractivity contribution in [2.75, 3.05) is 17.0 Å². The summed E-state index contributed by atoms with van der Waals surface area (Å²) in [6.07, 6.45) is 0. The first-order valence-corrected chi connectivity index (χ1v) is 13.3. The number of anilines is 2. The van der Waals surface area contributed by atoms with Crippen LogP contribution in [-0.4, -0.2) is 28.2 Å². The van der Waals surface area contributed by atoms with Crippen molar-refractivity contribution in [2.24, 2.45) is 9.98 Å². The summed E-state index contributed by atoms with van der Waals surface area (Å²) in [5.41, 5.74) is 6.06. The van der Waals surface area contributed by atoms with Crippen molar-refractivity contribution < 1.29 is 13.9 Å². The van der Waals surface area contributed by atoms with E-state index in [4.69, 9.17) is 24.6 Å². The van der Waals surface area contributed by atoms with Crippen LogP contribution in [0.3, 0.4) is 0 Å². The Bertz CT molecular complexity index is 1880. The van der Waals surface area contributed by atoms with Gasteiger partial charge in [0.05, 0.1) is 28.8 Å². The Hall–Kier alpha value is -5.44. The maximum Gasteiger partial charge on any atom is 0.231 e. The molecule has 3 aliphatic heterocycles. The largest absolute Gasteiger partial charge is 0.454 e. The van der Waals surface area contributed by atoms with Crippen molar-refractivity contribution in [3.63, 3.8) is 0 Å². The molecule has 0 aliphatic carbocycles. The fraction of sp³-hybridized carbons (Fsp3) is 0.0938. The number of rotatable bonds is 3. The number of amidine groups is 2. The van der Waals surface area contributed by atoms with E-state index in [1.807, 2.05) is 96.5 Å². The lowest BCUT2D eigenvalue weighted by Gasteiger charge is -2.40. The molecule has 9 heteroatoms. The van der Waals surface area contributed by atoms with Gasteiger partial charge in [0.2, 0.25) is 6.79 Å². The summed E-state index contributed by atoms with van der Waals surface area (Å²) < 4.78 is 27.1. The van der Waals surface area contributed by atoms with Crippen LogP contribution in [0.5, 0.6) is 11.5 Å². The monoisotopic (exact) mass is 542 g/mol. The molecule has 1 aromatic heterocycles. The molecular weight excluding hydrogens is 519 g/mol. The minimum atomic E-state index is -0.333. The van der Waals surface area contributed by atoms with E-state index in [0.29, 0.717) is 29.0 Å². The standard InChI is InChI=1S/C32H23FN6O2/c1-19-28-29(20-11-13-21(33)14-12-20)38-25-10-6-5-9-24(25)35-30(34-22-15-16-26-27(17-22)41-18-40-26)32(38)36-31(28)39(37-19)23-7-3-2-4-8-23/h2-17,29H,18H2,1H3,(H,34,35). The zero-order chi connectivity index (χ0) is 27.5.